The largest absolute Gasteiger partial charge is 1.00 e. The molecule has 5 rings (SSSR count). The van der Waals surface area contributed by atoms with Gasteiger partial charge in [0.05, 0.1) is 16.8 Å². The number of rotatable bonds is 10. The van der Waals surface area contributed by atoms with Gasteiger partial charge in [0.1, 0.15) is 25.2 Å². The molecule has 1 saturated heterocycles. The van der Waals surface area contributed by atoms with Gasteiger partial charge in [-0.3, -0.25) is 0 Å². The van der Waals surface area contributed by atoms with Crippen molar-refractivity contribution in [1.82, 2.24) is 4.57 Å². The molecular weight excluding hydrogens is 533 g/mol. The summed E-state index contributed by atoms with van der Waals surface area (Å²) in [5.41, 5.74) is 6.76. The Morgan fingerprint density at radius 1 is 0.976 bits per heavy atom. The SMILES string of the molecule is Cc1ccc(N2CCC(c3ccc(OCc4ccccc4)cc3)CC2)c2c1c(C#N)cn2COCC[Si](C)(C)C.[H-].[Na+]. The Hall–Kier alpha value is -2.53. The summed E-state index contributed by atoms with van der Waals surface area (Å²) in [6.45, 7) is 13.0. The predicted octanol–water partition coefficient (Wildman–Crippen LogP) is 5.21. The predicted molar refractivity (Wildman–Crippen MR) is 168 cm³/mol. The Bertz CT molecular complexity index is 1470. The first-order valence-electron chi connectivity index (χ1n) is 14.4. The van der Waals surface area contributed by atoms with Crippen molar-refractivity contribution in [2.45, 2.75) is 64.7 Å². The zero-order chi connectivity index (χ0) is 28.1. The van der Waals surface area contributed by atoms with Crippen LogP contribution in [0, 0.1) is 18.3 Å². The zero-order valence-electron chi connectivity index (χ0n) is 26.3. The van der Waals surface area contributed by atoms with Crippen LogP contribution in [-0.2, 0) is 18.1 Å². The van der Waals surface area contributed by atoms with Gasteiger partial charge in [0.2, 0.25) is 0 Å². The van der Waals surface area contributed by atoms with Crippen molar-refractivity contribution >= 4 is 24.7 Å². The van der Waals surface area contributed by atoms with Gasteiger partial charge >= 0.3 is 29.6 Å². The van der Waals surface area contributed by atoms with Crippen LogP contribution in [0.4, 0.5) is 5.69 Å². The van der Waals surface area contributed by atoms with Crippen molar-refractivity contribution in [3.05, 3.63) is 95.2 Å². The van der Waals surface area contributed by atoms with Gasteiger partial charge in [-0.15, -0.1) is 0 Å². The fourth-order valence-corrected chi connectivity index (χ4v) is 6.37. The van der Waals surface area contributed by atoms with Gasteiger partial charge < -0.3 is 20.4 Å². The van der Waals surface area contributed by atoms with Crippen LogP contribution in [0.25, 0.3) is 10.9 Å². The molecule has 0 radical (unpaired) electrons. The number of ether oxygens (including phenoxy) is 2. The van der Waals surface area contributed by atoms with Crippen LogP contribution in [0.5, 0.6) is 5.75 Å². The summed E-state index contributed by atoms with van der Waals surface area (Å²) in [5.74, 6) is 1.44. The second-order valence-corrected chi connectivity index (χ2v) is 17.8. The average molecular weight is 576 g/mol. The summed E-state index contributed by atoms with van der Waals surface area (Å²) in [6, 6.07) is 26.9. The fraction of sp³-hybridized carbons (Fsp3) is 0.382. The molecule has 3 aromatic carbocycles. The minimum Gasteiger partial charge on any atom is -1.00 e. The molecule has 1 aliphatic rings. The Labute approximate surface area is 269 Å². The van der Waals surface area contributed by atoms with E-state index in [-0.39, 0.29) is 31.0 Å². The monoisotopic (exact) mass is 575 g/mol. The Kier molecular flexibility index (Phi) is 10.8. The summed E-state index contributed by atoms with van der Waals surface area (Å²) < 4.78 is 14.3. The number of nitrogens with zero attached hydrogens (tertiary/aromatic N) is 3. The van der Waals surface area contributed by atoms with Crippen molar-refractivity contribution < 1.29 is 40.5 Å². The molecular formula is C34H42N3NaO2Si. The normalized spacial score (nSPS) is 14.1. The van der Waals surface area contributed by atoms with Crippen molar-refractivity contribution in [3.8, 4) is 11.8 Å². The molecule has 0 unspecified atom stereocenters. The van der Waals surface area contributed by atoms with E-state index in [0.29, 0.717) is 19.3 Å². The number of nitriles is 1. The summed E-state index contributed by atoms with van der Waals surface area (Å²) in [4.78, 5) is 2.50. The Morgan fingerprint density at radius 3 is 2.34 bits per heavy atom. The van der Waals surface area contributed by atoms with E-state index in [4.69, 9.17) is 9.47 Å². The van der Waals surface area contributed by atoms with E-state index in [1.807, 2.05) is 24.4 Å². The zero-order valence-corrected chi connectivity index (χ0v) is 28.3. The number of aryl methyl sites for hydroxylation is 1. The number of benzene rings is 3. The van der Waals surface area contributed by atoms with Crippen molar-refractivity contribution in [3.63, 3.8) is 0 Å². The van der Waals surface area contributed by atoms with E-state index >= 15 is 0 Å². The molecule has 0 amide bonds. The third-order valence-corrected chi connectivity index (χ3v) is 9.69. The molecule has 7 heteroatoms. The molecule has 0 saturated carbocycles. The van der Waals surface area contributed by atoms with Gasteiger partial charge in [0.15, 0.2) is 0 Å². The molecule has 0 atom stereocenters. The number of fused-ring (bicyclic) bond motifs is 1. The van der Waals surface area contributed by atoms with Gasteiger partial charge in [0.25, 0.3) is 0 Å². The average Bonchev–Trinajstić information content (AvgIpc) is 3.34. The smallest absolute Gasteiger partial charge is 1.00 e. The second kappa shape index (κ2) is 14.1. The molecule has 4 aromatic rings. The second-order valence-electron chi connectivity index (χ2n) is 12.2. The van der Waals surface area contributed by atoms with Gasteiger partial charge in [-0.1, -0.05) is 68.2 Å². The molecule has 0 bridgehead atoms. The Morgan fingerprint density at radius 2 is 1.68 bits per heavy atom. The molecule has 0 spiro atoms. The molecule has 1 aliphatic heterocycles. The van der Waals surface area contributed by atoms with Crippen LogP contribution >= 0.6 is 0 Å². The van der Waals surface area contributed by atoms with Crippen LogP contribution in [0.1, 0.15) is 42.4 Å². The van der Waals surface area contributed by atoms with E-state index < -0.39 is 8.07 Å². The summed E-state index contributed by atoms with van der Waals surface area (Å²) in [7, 11) is -1.16. The number of hydrogen-bond acceptors (Lipinski definition) is 4. The van der Waals surface area contributed by atoms with Crippen LogP contribution in [0.15, 0.2) is 72.9 Å². The third kappa shape index (κ3) is 7.85. The minimum absolute atomic E-state index is 0. The standard InChI is InChI=1S/C34H41N3O2Si.Na.H/c1-26-10-15-32(34-33(26)30(22-35)23-37(34)25-38-20-21-40(2,3)4)36-18-16-29(17-19-36)28-11-13-31(14-12-28)39-24-27-8-6-5-7-9-27;;/h5-15,23,29H,16-21,24-25H2,1-4H3;;/q;+1;-1. The molecule has 41 heavy (non-hydrogen) atoms. The maximum atomic E-state index is 9.90. The quantitative estimate of drug-likeness (QED) is 0.192. The minimum atomic E-state index is -1.16. The Balaban J connectivity index is 0.00000242. The van der Waals surface area contributed by atoms with E-state index in [1.54, 1.807) is 0 Å². The van der Waals surface area contributed by atoms with Gasteiger partial charge in [-0.25, -0.2) is 0 Å². The molecule has 5 nitrogen and oxygen atoms in total. The van der Waals surface area contributed by atoms with Crippen LogP contribution in [0.3, 0.4) is 0 Å². The van der Waals surface area contributed by atoms with Crippen molar-refractivity contribution in [2.24, 2.45) is 0 Å². The number of anilines is 1. The van der Waals surface area contributed by atoms with Crippen molar-refractivity contribution in [2.75, 3.05) is 24.6 Å². The summed E-state index contributed by atoms with van der Waals surface area (Å²) in [5, 5.41) is 11.0. The molecule has 0 N–H and O–H groups in total. The third-order valence-electron chi connectivity index (χ3n) is 7.99. The van der Waals surface area contributed by atoms with E-state index in [9.17, 15) is 5.26 Å². The molecule has 0 aliphatic carbocycles. The van der Waals surface area contributed by atoms with Gasteiger partial charge in [0, 0.05) is 39.4 Å². The maximum absolute atomic E-state index is 9.90. The van der Waals surface area contributed by atoms with Crippen LogP contribution < -0.4 is 39.2 Å². The van der Waals surface area contributed by atoms with Crippen LogP contribution in [-0.4, -0.2) is 32.3 Å². The number of aromatic nitrogens is 1. The van der Waals surface area contributed by atoms with Crippen molar-refractivity contribution in [1.29, 1.82) is 5.26 Å². The summed E-state index contributed by atoms with van der Waals surface area (Å²) >= 11 is 0. The first-order chi connectivity index (χ1) is 19.3. The van der Waals surface area contributed by atoms with Gasteiger partial charge in [-0.2, -0.15) is 5.26 Å². The summed E-state index contributed by atoms with van der Waals surface area (Å²) in [6.07, 6.45) is 4.17. The van der Waals surface area contributed by atoms with E-state index in [0.717, 1.165) is 66.4 Å². The first-order valence-corrected chi connectivity index (χ1v) is 18.1. The molecule has 2 heterocycles. The molecule has 1 aromatic heterocycles. The maximum Gasteiger partial charge on any atom is 1.00 e. The van der Waals surface area contributed by atoms with E-state index in [2.05, 4.69) is 90.6 Å². The number of hydrogen-bond donors (Lipinski definition) is 0. The van der Waals surface area contributed by atoms with E-state index in [1.165, 1.54) is 16.8 Å². The fourth-order valence-electron chi connectivity index (χ4n) is 5.61. The number of piperidine rings is 1. The first kappa shape index (κ1) is 31.4. The van der Waals surface area contributed by atoms with Crippen LogP contribution in [0.2, 0.25) is 25.7 Å². The molecule has 210 valence electrons. The molecule has 1 fully saturated rings. The van der Waals surface area contributed by atoms with Gasteiger partial charge in [-0.05, 0) is 66.6 Å². The topological polar surface area (TPSA) is 50.4 Å².